The zero-order chi connectivity index (χ0) is 29.3. The monoisotopic (exact) mass is 583 g/mol. The molecule has 0 saturated heterocycles. The molecule has 0 aliphatic rings. The second-order valence-corrected chi connectivity index (χ2v) is 12.1. The standard InChI is InChI=1S/C31H38ClN3O4S/c1-5-6-20-33-31(37)25(4)34(21-19-26-11-8-7-9-12-26)30(36)22-35(29-14-10-13-28(32)24(29)3)40(38,39)27-17-15-23(2)16-18-27/h7-18,25H,5-6,19-22H2,1-4H3,(H,33,37)/t25-/m0/s1. The van der Waals surface area contributed by atoms with Crippen molar-refractivity contribution in [2.45, 2.75) is 57.9 Å². The van der Waals surface area contributed by atoms with E-state index in [4.69, 9.17) is 11.6 Å². The fourth-order valence-corrected chi connectivity index (χ4v) is 5.96. The number of carbonyl (C=O) groups is 2. The number of hydrogen-bond acceptors (Lipinski definition) is 4. The van der Waals surface area contributed by atoms with Crippen molar-refractivity contribution in [3.8, 4) is 0 Å². The topological polar surface area (TPSA) is 86.8 Å². The highest BCUT2D eigenvalue weighted by molar-refractivity contribution is 7.92. The maximum absolute atomic E-state index is 14.0. The SMILES string of the molecule is CCCCNC(=O)[C@H](C)N(CCc1ccccc1)C(=O)CN(c1cccc(Cl)c1C)S(=O)(=O)c1ccc(C)cc1. The minimum Gasteiger partial charge on any atom is -0.354 e. The number of carbonyl (C=O) groups excluding carboxylic acids is 2. The number of aryl methyl sites for hydroxylation is 1. The van der Waals surface area contributed by atoms with Gasteiger partial charge in [0.15, 0.2) is 0 Å². The molecule has 2 amide bonds. The van der Waals surface area contributed by atoms with Crippen LogP contribution in [0.25, 0.3) is 0 Å². The highest BCUT2D eigenvalue weighted by Gasteiger charge is 2.33. The molecule has 0 unspecified atom stereocenters. The zero-order valence-electron chi connectivity index (χ0n) is 23.6. The lowest BCUT2D eigenvalue weighted by atomic mass is 10.1. The Bertz CT molecular complexity index is 1400. The molecule has 1 N–H and O–H groups in total. The third-order valence-corrected chi connectivity index (χ3v) is 9.06. The van der Waals surface area contributed by atoms with Crippen LogP contribution >= 0.6 is 11.6 Å². The summed E-state index contributed by atoms with van der Waals surface area (Å²) < 4.78 is 29.0. The molecule has 0 saturated carbocycles. The van der Waals surface area contributed by atoms with Crippen molar-refractivity contribution < 1.29 is 18.0 Å². The molecule has 0 bridgehead atoms. The van der Waals surface area contributed by atoms with E-state index in [1.807, 2.05) is 44.2 Å². The van der Waals surface area contributed by atoms with Crippen molar-refractivity contribution >= 4 is 39.1 Å². The van der Waals surface area contributed by atoms with Gasteiger partial charge in [0.1, 0.15) is 12.6 Å². The van der Waals surface area contributed by atoms with Gasteiger partial charge in [-0.25, -0.2) is 8.42 Å². The number of unbranched alkanes of at least 4 members (excludes halogenated alkanes) is 1. The Morgan fingerprint density at radius 1 is 0.950 bits per heavy atom. The number of sulfonamides is 1. The summed E-state index contributed by atoms with van der Waals surface area (Å²) in [5.74, 6) is -0.758. The highest BCUT2D eigenvalue weighted by atomic mass is 35.5. The normalized spacial score (nSPS) is 12.0. The van der Waals surface area contributed by atoms with Crippen LogP contribution in [0.2, 0.25) is 5.02 Å². The Morgan fingerprint density at radius 2 is 1.62 bits per heavy atom. The average Bonchev–Trinajstić information content (AvgIpc) is 2.94. The second kappa shape index (κ2) is 14.3. The van der Waals surface area contributed by atoms with Gasteiger partial charge < -0.3 is 10.2 Å². The fraction of sp³-hybridized carbons (Fsp3) is 0.355. The molecule has 7 nitrogen and oxygen atoms in total. The predicted octanol–water partition coefficient (Wildman–Crippen LogP) is 5.53. The largest absolute Gasteiger partial charge is 0.354 e. The predicted molar refractivity (Wildman–Crippen MR) is 161 cm³/mol. The summed E-state index contributed by atoms with van der Waals surface area (Å²) in [6.45, 7) is 7.57. The number of amides is 2. The molecule has 1 atom stereocenters. The Hall–Kier alpha value is -3.36. The Morgan fingerprint density at radius 3 is 2.27 bits per heavy atom. The highest BCUT2D eigenvalue weighted by Crippen LogP contribution is 2.31. The Labute approximate surface area is 243 Å². The van der Waals surface area contributed by atoms with Crippen LogP contribution in [0.4, 0.5) is 5.69 Å². The lowest BCUT2D eigenvalue weighted by molar-refractivity contribution is -0.138. The number of rotatable bonds is 13. The summed E-state index contributed by atoms with van der Waals surface area (Å²) in [4.78, 5) is 28.5. The first-order valence-electron chi connectivity index (χ1n) is 13.5. The van der Waals surface area contributed by atoms with E-state index in [1.54, 1.807) is 44.2 Å². The van der Waals surface area contributed by atoms with E-state index < -0.39 is 28.5 Å². The first kappa shape index (κ1) is 31.2. The molecule has 0 spiro atoms. The Balaban J connectivity index is 1.99. The number of nitrogens with one attached hydrogen (secondary N) is 1. The lowest BCUT2D eigenvalue weighted by Crippen LogP contribution is -2.52. The molecule has 3 aromatic carbocycles. The van der Waals surface area contributed by atoms with Gasteiger partial charge in [0.2, 0.25) is 11.8 Å². The quantitative estimate of drug-likeness (QED) is 0.268. The first-order chi connectivity index (χ1) is 19.1. The smallest absolute Gasteiger partial charge is 0.264 e. The van der Waals surface area contributed by atoms with Gasteiger partial charge in [-0.05, 0) is 69.0 Å². The van der Waals surface area contributed by atoms with E-state index in [-0.39, 0.29) is 17.3 Å². The molecular weight excluding hydrogens is 546 g/mol. The second-order valence-electron chi connectivity index (χ2n) is 9.85. The number of hydrogen-bond donors (Lipinski definition) is 1. The molecule has 40 heavy (non-hydrogen) atoms. The third-order valence-electron chi connectivity index (χ3n) is 6.88. The maximum Gasteiger partial charge on any atom is 0.264 e. The van der Waals surface area contributed by atoms with Crippen LogP contribution in [0.5, 0.6) is 0 Å². The number of nitrogens with zero attached hydrogens (tertiary/aromatic N) is 2. The van der Waals surface area contributed by atoms with Gasteiger partial charge >= 0.3 is 0 Å². The van der Waals surface area contributed by atoms with Crippen LogP contribution < -0.4 is 9.62 Å². The summed E-state index contributed by atoms with van der Waals surface area (Å²) in [7, 11) is -4.14. The van der Waals surface area contributed by atoms with Crippen LogP contribution in [0.3, 0.4) is 0 Å². The van der Waals surface area contributed by atoms with E-state index in [1.165, 1.54) is 17.0 Å². The molecule has 0 aliphatic heterocycles. The summed E-state index contributed by atoms with van der Waals surface area (Å²) in [5, 5.41) is 3.29. The van der Waals surface area contributed by atoms with Crippen LogP contribution in [-0.4, -0.2) is 50.8 Å². The van der Waals surface area contributed by atoms with Crippen molar-refractivity contribution in [3.05, 3.63) is 94.5 Å². The molecule has 3 aromatic rings. The van der Waals surface area contributed by atoms with E-state index >= 15 is 0 Å². The maximum atomic E-state index is 14.0. The van der Waals surface area contributed by atoms with Crippen LogP contribution in [0.1, 0.15) is 43.4 Å². The van der Waals surface area contributed by atoms with Crippen LogP contribution in [-0.2, 0) is 26.0 Å². The van der Waals surface area contributed by atoms with E-state index in [2.05, 4.69) is 5.32 Å². The molecule has 0 fully saturated rings. The number of benzene rings is 3. The molecule has 3 rings (SSSR count). The number of anilines is 1. The first-order valence-corrected chi connectivity index (χ1v) is 15.3. The zero-order valence-corrected chi connectivity index (χ0v) is 25.1. The van der Waals surface area contributed by atoms with Crippen molar-refractivity contribution in [3.63, 3.8) is 0 Å². The minimum absolute atomic E-state index is 0.0615. The summed E-state index contributed by atoms with van der Waals surface area (Å²) >= 11 is 6.37. The van der Waals surface area contributed by atoms with Crippen molar-refractivity contribution in [1.82, 2.24) is 10.2 Å². The third kappa shape index (κ3) is 7.86. The van der Waals surface area contributed by atoms with Crippen molar-refractivity contribution in [1.29, 1.82) is 0 Å². The van der Waals surface area contributed by atoms with Gasteiger partial charge in [0.25, 0.3) is 10.0 Å². The average molecular weight is 584 g/mol. The minimum atomic E-state index is -4.14. The molecule has 0 aromatic heterocycles. The van der Waals surface area contributed by atoms with Crippen LogP contribution in [0.15, 0.2) is 77.7 Å². The van der Waals surface area contributed by atoms with Gasteiger partial charge in [-0.3, -0.25) is 13.9 Å². The summed E-state index contributed by atoms with van der Waals surface area (Å²) in [5.41, 5.74) is 2.77. The van der Waals surface area contributed by atoms with Gasteiger partial charge in [-0.2, -0.15) is 0 Å². The molecule has 214 valence electrons. The van der Waals surface area contributed by atoms with Gasteiger partial charge in [-0.15, -0.1) is 0 Å². The molecule has 0 heterocycles. The molecule has 0 radical (unpaired) electrons. The molecule has 9 heteroatoms. The lowest BCUT2D eigenvalue weighted by Gasteiger charge is -2.32. The van der Waals surface area contributed by atoms with E-state index in [0.29, 0.717) is 29.2 Å². The van der Waals surface area contributed by atoms with Crippen molar-refractivity contribution in [2.24, 2.45) is 0 Å². The van der Waals surface area contributed by atoms with Gasteiger partial charge in [0.05, 0.1) is 10.6 Å². The van der Waals surface area contributed by atoms with E-state index in [9.17, 15) is 18.0 Å². The van der Waals surface area contributed by atoms with Gasteiger partial charge in [-0.1, -0.05) is 79.0 Å². The summed E-state index contributed by atoms with van der Waals surface area (Å²) in [6.07, 6.45) is 2.27. The fourth-order valence-electron chi connectivity index (χ4n) is 4.32. The van der Waals surface area contributed by atoms with Crippen LogP contribution in [0, 0.1) is 13.8 Å². The van der Waals surface area contributed by atoms with E-state index in [0.717, 1.165) is 28.3 Å². The molecular formula is C31H38ClN3O4S. The molecule has 0 aliphatic carbocycles. The van der Waals surface area contributed by atoms with Crippen molar-refractivity contribution in [2.75, 3.05) is 23.9 Å². The summed E-state index contributed by atoms with van der Waals surface area (Å²) in [6, 6.07) is 20.3. The van der Waals surface area contributed by atoms with Gasteiger partial charge in [0, 0.05) is 18.1 Å². The number of halogens is 1. The Kier molecular flexibility index (Phi) is 11.2.